The van der Waals surface area contributed by atoms with Crippen LogP contribution in [0.15, 0.2) is 36.7 Å². The highest BCUT2D eigenvalue weighted by Crippen LogP contribution is 2.41. The number of amides is 1. The summed E-state index contributed by atoms with van der Waals surface area (Å²) in [5.41, 5.74) is 5.74. The zero-order valence-electron chi connectivity index (χ0n) is 20.1. The number of carbonyl (C=O) groups is 1. The van der Waals surface area contributed by atoms with Gasteiger partial charge in [-0.1, -0.05) is 12.1 Å². The summed E-state index contributed by atoms with van der Waals surface area (Å²) < 4.78 is 14.2. The molecule has 3 aromatic rings. The number of nitrogens with zero attached hydrogens (tertiary/aromatic N) is 3. The molecule has 1 amide bonds. The predicted molar refractivity (Wildman–Crippen MR) is 129 cm³/mol. The largest absolute Gasteiger partial charge is 0.483 e. The van der Waals surface area contributed by atoms with Crippen LogP contribution in [0, 0.1) is 19.8 Å². The third kappa shape index (κ3) is 4.43. The fraction of sp³-hybridized carbons (Fsp3) is 0.481. The Morgan fingerprint density at radius 3 is 2.73 bits per heavy atom. The number of imidazole rings is 1. The monoisotopic (exact) mass is 447 g/mol. The minimum atomic E-state index is -0.230. The summed E-state index contributed by atoms with van der Waals surface area (Å²) in [4.78, 5) is 19.3. The first-order chi connectivity index (χ1) is 15.8. The van der Waals surface area contributed by atoms with Gasteiger partial charge in [-0.15, -0.1) is 0 Å². The third-order valence-corrected chi connectivity index (χ3v) is 7.06. The lowest BCUT2D eigenvalue weighted by molar-refractivity contribution is -0.134. The van der Waals surface area contributed by atoms with Gasteiger partial charge in [-0.2, -0.15) is 0 Å². The normalized spacial score (nSPS) is 17.8. The van der Waals surface area contributed by atoms with Crippen molar-refractivity contribution in [1.82, 2.24) is 14.5 Å². The van der Waals surface area contributed by atoms with Gasteiger partial charge in [0.2, 0.25) is 0 Å². The standard InChI is InChI=1S/C27H33N3O3/c1-18-12-22-23(13-19(18)2)30(17-28-22)15-20-8-10-29(11-9-20)25(31)16-32-24-7-5-6-21-14-27(3,4)33-26(21)24/h5-7,12-13,17,20H,8-11,14-16H2,1-4H3. The van der Waals surface area contributed by atoms with Crippen molar-refractivity contribution in [2.24, 2.45) is 5.92 Å². The minimum absolute atomic E-state index is 0.0440. The molecule has 2 aliphatic rings. The average Bonchev–Trinajstić information content (AvgIpc) is 3.31. The van der Waals surface area contributed by atoms with Crippen molar-refractivity contribution in [2.45, 2.75) is 59.1 Å². The Labute approximate surface area is 195 Å². The maximum atomic E-state index is 12.8. The minimum Gasteiger partial charge on any atom is -0.483 e. The number of likely N-dealkylation sites (tertiary alicyclic amines) is 1. The summed E-state index contributed by atoms with van der Waals surface area (Å²) in [6.07, 6.45) is 4.80. The van der Waals surface area contributed by atoms with Gasteiger partial charge in [0.1, 0.15) is 5.60 Å². The molecule has 174 valence electrons. The quantitative estimate of drug-likeness (QED) is 0.570. The lowest BCUT2D eigenvalue weighted by atomic mass is 9.96. The van der Waals surface area contributed by atoms with Crippen LogP contribution in [0.1, 0.15) is 43.4 Å². The van der Waals surface area contributed by atoms with Crippen molar-refractivity contribution >= 4 is 16.9 Å². The van der Waals surface area contributed by atoms with Crippen LogP contribution in [-0.4, -0.2) is 45.7 Å². The third-order valence-electron chi connectivity index (χ3n) is 7.06. The highest BCUT2D eigenvalue weighted by Gasteiger charge is 2.32. The SMILES string of the molecule is Cc1cc2ncn(CC3CCN(C(=O)COc4cccc5c4OC(C)(C)C5)CC3)c2cc1C. The van der Waals surface area contributed by atoms with E-state index in [9.17, 15) is 4.79 Å². The second kappa shape index (κ2) is 8.40. The number of aryl methyl sites for hydroxylation is 2. The molecule has 0 bridgehead atoms. The van der Waals surface area contributed by atoms with E-state index in [2.05, 4.69) is 55.4 Å². The molecule has 0 radical (unpaired) electrons. The molecular formula is C27H33N3O3. The van der Waals surface area contributed by atoms with E-state index in [1.807, 2.05) is 23.4 Å². The second-order valence-electron chi connectivity index (χ2n) is 10.2. The highest BCUT2D eigenvalue weighted by atomic mass is 16.5. The maximum absolute atomic E-state index is 12.8. The molecule has 33 heavy (non-hydrogen) atoms. The van der Waals surface area contributed by atoms with E-state index in [4.69, 9.17) is 9.47 Å². The molecule has 0 atom stereocenters. The van der Waals surface area contributed by atoms with Crippen LogP contribution < -0.4 is 9.47 Å². The Balaban J connectivity index is 1.15. The van der Waals surface area contributed by atoms with Gasteiger partial charge in [0.05, 0.1) is 17.4 Å². The van der Waals surface area contributed by atoms with E-state index in [0.717, 1.165) is 55.7 Å². The van der Waals surface area contributed by atoms with Crippen LogP contribution in [0.4, 0.5) is 0 Å². The number of piperidine rings is 1. The van der Waals surface area contributed by atoms with E-state index in [1.165, 1.54) is 16.6 Å². The van der Waals surface area contributed by atoms with Crippen molar-refractivity contribution in [3.63, 3.8) is 0 Å². The lowest BCUT2D eigenvalue weighted by Crippen LogP contribution is -2.41. The van der Waals surface area contributed by atoms with Crippen LogP contribution in [-0.2, 0) is 17.8 Å². The predicted octanol–water partition coefficient (Wildman–Crippen LogP) is 4.68. The van der Waals surface area contributed by atoms with Gasteiger partial charge in [0.25, 0.3) is 5.91 Å². The number of hydrogen-bond acceptors (Lipinski definition) is 4. The lowest BCUT2D eigenvalue weighted by Gasteiger charge is -2.32. The molecule has 1 fully saturated rings. The van der Waals surface area contributed by atoms with Gasteiger partial charge in [0.15, 0.2) is 18.1 Å². The fourth-order valence-corrected chi connectivity index (χ4v) is 5.03. The van der Waals surface area contributed by atoms with Crippen molar-refractivity contribution in [3.05, 3.63) is 53.3 Å². The molecular weight excluding hydrogens is 414 g/mol. The fourth-order valence-electron chi connectivity index (χ4n) is 5.03. The molecule has 5 rings (SSSR count). The number of fused-ring (bicyclic) bond motifs is 2. The highest BCUT2D eigenvalue weighted by molar-refractivity contribution is 5.78. The molecule has 6 nitrogen and oxygen atoms in total. The first-order valence-electron chi connectivity index (χ1n) is 11.9. The topological polar surface area (TPSA) is 56.6 Å². The van der Waals surface area contributed by atoms with E-state index in [-0.39, 0.29) is 18.1 Å². The Hall–Kier alpha value is -3.02. The van der Waals surface area contributed by atoms with Crippen LogP contribution in [0.2, 0.25) is 0 Å². The molecule has 6 heteroatoms. The smallest absolute Gasteiger partial charge is 0.260 e. The Morgan fingerprint density at radius 2 is 1.94 bits per heavy atom. The van der Waals surface area contributed by atoms with Gasteiger partial charge >= 0.3 is 0 Å². The molecule has 2 aliphatic heterocycles. The van der Waals surface area contributed by atoms with Crippen LogP contribution in [0.3, 0.4) is 0 Å². The molecule has 1 aromatic heterocycles. The molecule has 0 saturated carbocycles. The summed E-state index contributed by atoms with van der Waals surface area (Å²) in [6.45, 7) is 11.0. The molecule has 0 aliphatic carbocycles. The first-order valence-corrected chi connectivity index (χ1v) is 11.9. The number of benzene rings is 2. The molecule has 2 aromatic carbocycles. The zero-order valence-corrected chi connectivity index (χ0v) is 20.1. The second-order valence-corrected chi connectivity index (χ2v) is 10.2. The van der Waals surface area contributed by atoms with Crippen LogP contribution >= 0.6 is 0 Å². The van der Waals surface area contributed by atoms with Crippen molar-refractivity contribution in [1.29, 1.82) is 0 Å². The Morgan fingerprint density at radius 1 is 1.18 bits per heavy atom. The number of aromatic nitrogens is 2. The average molecular weight is 448 g/mol. The summed E-state index contributed by atoms with van der Waals surface area (Å²) in [5, 5.41) is 0. The first kappa shape index (κ1) is 21.8. The van der Waals surface area contributed by atoms with E-state index in [1.54, 1.807) is 0 Å². The van der Waals surface area contributed by atoms with Crippen LogP contribution in [0.25, 0.3) is 11.0 Å². The van der Waals surface area contributed by atoms with Crippen LogP contribution in [0.5, 0.6) is 11.5 Å². The molecule has 0 spiro atoms. The molecule has 3 heterocycles. The van der Waals surface area contributed by atoms with Gasteiger partial charge in [0, 0.05) is 31.6 Å². The number of para-hydroxylation sites is 1. The van der Waals surface area contributed by atoms with Crippen molar-refractivity contribution in [3.8, 4) is 11.5 Å². The number of hydrogen-bond donors (Lipinski definition) is 0. The number of ether oxygens (including phenoxy) is 2. The van der Waals surface area contributed by atoms with E-state index < -0.39 is 0 Å². The Bertz CT molecular complexity index is 1190. The summed E-state index contributed by atoms with van der Waals surface area (Å²) in [5.74, 6) is 2.04. The Kier molecular flexibility index (Phi) is 5.55. The van der Waals surface area contributed by atoms with E-state index >= 15 is 0 Å². The zero-order chi connectivity index (χ0) is 23.2. The van der Waals surface area contributed by atoms with Crippen molar-refractivity contribution in [2.75, 3.05) is 19.7 Å². The van der Waals surface area contributed by atoms with Gasteiger partial charge < -0.3 is 18.9 Å². The summed E-state index contributed by atoms with van der Waals surface area (Å²) in [6, 6.07) is 10.3. The maximum Gasteiger partial charge on any atom is 0.260 e. The summed E-state index contributed by atoms with van der Waals surface area (Å²) in [7, 11) is 0. The summed E-state index contributed by atoms with van der Waals surface area (Å²) >= 11 is 0. The van der Waals surface area contributed by atoms with Gasteiger partial charge in [-0.25, -0.2) is 4.98 Å². The van der Waals surface area contributed by atoms with Gasteiger partial charge in [-0.05, 0) is 75.8 Å². The molecule has 0 unspecified atom stereocenters. The van der Waals surface area contributed by atoms with Gasteiger partial charge in [-0.3, -0.25) is 4.79 Å². The number of carbonyl (C=O) groups excluding carboxylic acids is 1. The molecule has 1 saturated heterocycles. The van der Waals surface area contributed by atoms with E-state index in [0.29, 0.717) is 11.7 Å². The van der Waals surface area contributed by atoms with Crippen molar-refractivity contribution < 1.29 is 14.3 Å². The molecule has 0 N–H and O–H groups in total. The number of rotatable bonds is 5.